The van der Waals surface area contributed by atoms with E-state index in [4.69, 9.17) is 4.42 Å². The standard InChI is InChI=1S/C9H7NO4S/c1-4(11)10-6-2-5-7(14-8(6)12)3-15-9(5)13/h2H,3H2,1H3,(H,10,11). The summed E-state index contributed by atoms with van der Waals surface area (Å²) in [5, 5.41) is 2.18. The molecule has 0 spiro atoms. The van der Waals surface area contributed by atoms with Crippen molar-refractivity contribution >= 4 is 28.5 Å². The van der Waals surface area contributed by atoms with Crippen LogP contribution >= 0.6 is 11.8 Å². The first-order chi connectivity index (χ1) is 7.08. The van der Waals surface area contributed by atoms with Crippen molar-refractivity contribution in [3.05, 3.63) is 27.8 Å². The van der Waals surface area contributed by atoms with Gasteiger partial charge < -0.3 is 9.73 Å². The van der Waals surface area contributed by atoms with Gasteiger partial charge >= 0.3 is 5.63 Å². The quantitative estimate of drug-likeness (QED) is 0.771. The molecule has 0 bridgehead atoms. The number of nitrogens with one attached hydrogen (secondary N) is 1. The molecule has 1 amide bonds. The SMILES string of the molecule is CC(=O)Nc1cc2c(oc1=O)CSC2=O. The van der Waals surface area contributed by atoms with Crippen molar-refractivity contribution in [3.63, 3.8) is 0 Å². The topological polar surface area (TPSA) is 76.4 Å². The molecule has 0 aromatic carbocycles. The van der Waals surface area contributed by atoms with Crippen molar-refractivity contribution in [3.8, 4) is 0 Å². The van der Waals surface area contributed by atoms with Crippen LogP contribution in [-0.2, 0) is 10.5 Å². The third-order valence-corrected chi connectivity index (χ3v) is 2.78. The van der Waals surface area contributed by atoms with Crippen LogP contribution in [-0.4, -0.2) is 11.0 Å². The molecule has 1 aliphatic heterocycles. The van der Waals surface area contributed by atoms with Crippen molar-refractivity contribution in [1.29, 1.82) is 0 Å². The van der Waals surface area contributed by atoms with Gasteiger partial charge in [-0.05, 0) is 6.07 Å². The molecular formula is C9H7NO4S. The minimum Gasteiger partial charge on any atom is -0.425 e. The van der Waals surface area contributed by atoms with Crippen LogP contribution in [0.2, 0.25) is 0 Å². The van der Waals surface area contributed by atoms with Gasteiger partial charge in [-0.3, -0.25) is 9.59 Å². The molecular weight excluding hydrogens is 218 g/mol. The van der Waals surface area contributed by atoms with Gasteiger partial charge in [0.05, 0.1) is 11.3 Å². The Balaban J connectivity index is 2.50. The van der Waals surface area contributed by atoms with Crippen molar-refractivity contribution in [1.82, 2.24) is 0 Å². The predicted octanol–water partition coefficient (Wildman–Crippen LogP) is 0.985. The van der Waals surface area contributed by atoms with Crippen molar-refractivity contribution in [2.45, 2.75) is 12.7 Å². The summed E-state index contributed by atoms with van der Waals surface area (Å²) in [6.45, 7) is 1.28. The number of anilines is 1. The van der Waals surface area contributed by atoms with Crippen LogP contribution in [0.3, 0.4) is 0 Å². The molecule has 0 fully saturated rings. The van der Waals surface area contributed by atoms with Crippen LogP contribution in [0.1, 0.15) is 23.0 Å². The molecule has 2 rings (SSSR count). The van der Waals surface area contributed by atoms with E-state index in [9.17, 15) is 14.4 Å². The number of carbonyl (C=O) groups is 2. The number of hydrogen-bond donors (Lipinski definition) is 1. The molecule has 1 aliphatic rings. The third kappa shape index (κ3) is 1.80. The molecule has 0 radical (unpaired) electrons. The van der Waals surface area contributed by atoms with E-state index < -0.39 is 5.63 Å². The van der Waals surface area contributed by atoms with Crippen molar-refractivity contribution < 1.29 is 14.0 Å². The second kappa shape index (κ2) is 3.54. The lowest BCUT2D eigenvalue weighted by molar-refractivity contribution is -0.114. The summed E-state index contributed by atoms with van der Waals surface area (Å²) in [4.78, 5) is 33.4. The highest BCUT2D eigenvalue weighted by atomic mass is 32.2. The lowest BCUT2D eigenvalue weighted by Gasteiger charge is -2.01. The van der Waals surface area contributed by atoms with Crippen LogP contribution in [0.15, 0.2) is 15.3 Å². The van der Waals surface area contributed by atoms with E-state index >= 15 is 0 Å². The van der Waals surface area contributed by atoms with E-state index in [2.05, 4.69) is 5.32 Å². The van der Waals surface area contributed by atoms with Gasteiger partial charge in [-0.25, -0.2) is 4.79 Å². The Bertz CT molecular complexity index is 505. The van der Waals surface area contributed by atoms with E-state index in [-0.39, 0.29) is 16.7 Å². The first-order valence-corrected chi connectivity index (χ1v) is 5.18. The van der Waals surface area contributed by atoms with Crippen molar-refractivity contribution in [2.24, 2.45) is 0 Å². The number of hydrogen-bond acceptors (Lipinski definition) is 5. The zero-order valence-corrected chi connectivity index (χ0v) is 8.64. The monoisotopic (exact) mass is 225 g/mol. The smallest absolute Gasteiger partial charge is 0.359 e. The average molecular weight is 225 g/mol. The zero-order chi connectivity index (χ0) is 11.0. The molecule has 15 heavy (non-hydrogen) atoms. The van der Waals surface area contributed by atoms with Gasteiger partial charge in [0.15, 0.2) is 0 Å². The van der Waals surface area contributed by atoms with Crippen molar-refractivity contribution in [2.75, 3.05) is 5.32 Å². The fraction of sp³-hybridized carbons (Fsp3) is 0.222. The molecule has 1 aromatic rings. The van der Waals surface area contributed by atoms with E-state index in [1.807, 2.05) is 0 Å². The summed E-state index contributed by atoms with van der Waals surface area (Å²) >= 11 is 1.08. The van der Waals surface area contributed by atoms with Crippen LogP contribution in [0.4, 0.5) is 5.69 Å². The summed E-state index contributed by atoms with van der Waals surface area (Å²) in [7, 11) is 0. The maximum absolute atomic E-state index is 11.3. The maximum Gasteiger partial charge on any atom is 0.359 e. The Labute approximate surface area is 88.8 Å². The fourth-order valence-corrected chi connectivity index (χ4v) is 2.08. The minimum atomic E-state index is -0.626. The van der Waals surface area contributed by atoms with E-state index in [1.54, 1.807) is 0 Å². The van der Waals surface area contributed by atoms with E-state index in [0.29, 0.717) is 17.1 Å². The van der Waals surface area contributed by atoms with Gasteiger partial charge in [-0.2, -0.15) is 0 Å². The molecule has 1 aromatic heterocycles. The van der Waals surface area contributed by atoms with E-state index in [1.165, 1.54) is 13.0 Å². The van der Waals surface area contributed by atoms with Crippen LogP contribution < -0.4 is 10.9 Å². The Morgan fingerprint density at radius 2 is 2.27 bits per heavy atom. The van der Waals surface area contributed by atoms with Gasteiger partial charge in [0.2, 0.25) is 11.0 Å². The molecule has 0 atom stereocenters. The van der Waals surface area contributed by atoms with Gasteiger partial charge in [-0.1, -0.05) is 11.8 Å². The highest BCUT2D eigenvalue weighted by Crippen LogP contribution is 2.29. The largest absolute Gasteiger partial charge is 0.425 e. The maximum atomic E-state index is 11.3. The lowest BCUT2D eigenvalue weighted by Crippen LogP contribution is -2.15. The summed E-state index contributed by atoms with van der Waals surface area (Å²) in [5.41, 5.74) is -0.250. The highest BCUT2D eigenvalue weighted by molar-refractivity contribution is 8.13. The molecule has 0 saturated carbocycles. The number of rotatable bonds is 1. The Hall–Kier alpha value is -1.56. The molecule has 5 nitrogen and oxygen atoms in total. The second-order valence-electron chi connectivity index (χ2n) is 3.04. The summed E-state index contributed by atoms with van der Waals surface area (Å²) < 4.78 is 4.91. The first kappa shape index (κ1) is 9.97. The zero-order valence-electron chi connectivity index (χ0n) is 7.83. The number of thioether (sulfide) groups is 1. The average Bonchev–Trinajstić information content (AvgIpc) is 2.48. The van der Waals surface area contributed by atoms with Gasteiger partial charge in [0.25, 0.3) is 0 Å². The van der Waals surface area contributed by atoms with E-state index in [0.717, 1.165) is 11.8 Å². The number of carbonyl (C=O) groups excluding carboxylic acids is 2. The third-order valence-electron chi connectivity index (χ3n) is 1.89. The first-order valence-electron chi connectivity index (χ1n) is 4.19. The molecule has 78 valence electrons. The normalized spacial score (nSPS) is 13.8. The van der Waals surface area contributed by atoms with Crippen LogP contribution in [0.5, 0.6) is 0 Å². The Morgan fingerprint density at radius 1 is 1.53 bits per heavy atom. The van der Waals surface area contributed by atoms with Crippen LogP contribution in [0, 0.1) is 0 Å². The summed E-state index contributed by atoms with van der Waals surface area (Å²) in [6.07, 6.45) is 0. The number of amides is 1. The highest BCUT2D eigenvalue weighted by Gasteiger charge is 2.24. The Kier molecular flexibility index (Phi) is 2.36. The van der Waals surface area contributed by atoms with Gasteiger partial charge in [0, 0.05) is 6.92 Å². The number of fused-ring (bicyclic) bond motifs is 1. The summed E-state index contributed by atoms with van der Waals surface area (Å²) in [6, 6.07) is 1.37. The molecule has 2 heterocycles. The molecule has 6 heteroatoms. The lowest BCUT2D eigenvalue weighted by atomic mass is 10.2. The predicted molar refractivity (Wildman–Crippen MR) is 54.9 cm³/mol. The minimum absolute atomic E-state index is 0.0112. The Morgan fingerprint density at radius 3 is 2.93 bits per heavy atom. The molecule has 0 aliphatic carbocycles. The second-order valence-corrected chi connectivity index (χ2v) is 3.99. The summed E-state index contributed by atoms with van der Waals surface area (Å²) in [5.74, 6) is 0.383. The molecule has 0 unspecified atom stereocenters. The van der Waals surface area contributed by atoms with Crippen LogP contribution in [0.25, 0.3) is 0 Å². The van der Waals surface area contributed by atoms with Gasteiger partial charge in [0.1, 0.15) is 11.4 Å². The van der Waals surface area contributed by atoms with Gasteiger partial charge in [-0.15, -0.1) is 0 Å². The fourth-order valence-electron chi connectivity index (χ4n) is 1.27. The molecule has 1 N–H and O–H groups in total. The molecule has 0 saturated heterocycles.